The van der Waals surface area contributed by atoms with Crippen LogP contribution in [0.15, 0.2) is 0 Å². The molecular formula is C12H22O11. The largest absolute Gasteiger partial charge is 0.394 e. The second kappa shape index (κ2) is 7.63. The van der Waals surface area contributed by atoms with Gasteiger partial charge in [0, 0.05) is 0 Å². The SMILES string of the molecule is OC[C@@H]1O[C@@H](O[C@H]2[C@@H](O)[C@@H](O)[C@H](O)O[C@@H]2CO)[C@H](O)[C@H](O)[C@@H]1O. The van der Waals surface area contributed by atoms with Crippen LogP contribution >= 0.6 is 0 Å². The molecule has 2 aliphatic rings. The molecule has 23 heavy (non-hydrogen) atoms. The van der Waals surface area contributed by atoms with Crippen molar-refractivity contribution in [3.63, 3.8) is 0 Å². The average Bonchev–Trinajstić information content (AvgIpc) is 2.55. The van der Waals surface area contributed by atoms with Crippen LogP contribution in [0, 0.1) is 0 Å². The molecule has 11 nitrogen and oxygen atoms in total. The fraction of sp³-hybridized carbons (Fsp3) is 1.00. The summed E-state index contributed by atoms with van der Waals surface area (Å²) in [7, 11) is 0. The van der Waals surface area contributed by atoms with Crippen LogP contribution in [0.5, 0.6) is 0 Å². The molecule has 0 bridgehead atoms. The predicted octanol–water partition coefficient (Wildman–Crippen LogP) is -5.40. The number of ether oxygens (including phenoxy) is 3. The quantitative estimate of drug-likeness (QED) is 0.243. The van der Waals surface area contributed by atoms with Gasteiger partial charge >= 0.3 is 0 Å². The minimum atomic E-state index is -1.74. The predicted molar refractivity (Wildman–Crippen MR) is 68.6 cm³/mol. The smallest absolute Gasteiger partial charge is 0.187 e. The van der Waals surface area contributed by atoms with Crippen molar-refractivity contribution in [1.82, 2.24) is 0 Å². The molecule has 2 aliphatic heterocycles. The lowest BCUT2D eigenvalue weighted by Gasteiger charge is -2.45. The monoisotopic (exact) mass is 342 g/mol. The Morgan fingerprint density at radius 1 is 0.652 bits per heavy atom. The van der Waals surface area contributed by atoms with Gasteiger partial charge in [0.15, 0.2) is 12.6 Å². The summed E-state index contributed by atoms with van der Waals surface area (Å²) in [6.07, 6.45) is -15.6. The fourth-order valence-corrected chi connectivity index (χ4v) is 2.57. The number of aliphatic hydroxyl groups is 8. The van der Waals surface area contributed by atoms with Crippen LogP contribution in [0.4, 0.5) is 0 Å². The van der Waals surface area contributed by atoms with E-state index in [-0.39, 0.29) is 0 Å². The van der Waals surface area contributed by atoms with E-state index in [1.165, 1.54) is 0 Å². The van der Waals surface area contributed by atoms with Gasteiger partial charge in [0.05, 0.1) is 13.2 Å². The van der Waals surface area contributed by atoms with Gasteiger partial charge < -0.3 is 55.1 Å². The lowest BCUT2D eigenvalue weighted by Crippen LogP contribution is -2.64. The van der Waals surface area contributed by atoms with Gasteiger partial charge in [-0.15, -0.1) is 0 Å². The number of rotatable bonds is 4. The zero-order valence-electron chi connectivity index (χ0n) is 12.0. The molecule has 0 aromatic heterocycles. The molecule has 2 saturated heterocycles. The van der Waals surface area contributed by atoms with Gasteiger partial charge in [-0.2, -0.15) is 0 Å². The minimum absolute atomic E-state index is 0.667. The zero-order chi connectivity index (χ0) is 17.3. The van der Waals surface area contributed by atoms with E-state index in [9.17, 15) is 35.7 Å². The van der Waals surface area contributed by atoms with E-state index in [0.29, 0.717) is 0 Å². The Labute approximate surface area is 130 Å². The first-order valence-corrected chi connectivity index (χ1v) is 7.08. The maximum absolute atomic E-state index is 9.94. The molecular weight excluding hydrogens is 320 g/mol. The molecule has 2 fully saturated rings. The highest BCUT2D eigenvalue weighted by Crippen LogP contribution is 2.28. The first-order chi connectivity index (χ1) is 10.8. The molecule has 2 heterocycles. The van der Waals surface area contributed by atoms with Crippen molar-refractivity contribution in [3.8, 4) is 0 Å². The summed E-state index contributed by atoms with van der Waals surface area (Å²) in [4.78, 5) is 0. The van der Waals surface area contributed by atoms with Gasteiger partial charge in [-0.05, 0) is 0 Å². The number of aliphatic hydroxyl groups excluding tert-OH is 8. The second-order valence-electron chi connectivity index (χ2n) is 5.53. The van der Waals surface area contributed by atoms with Gasteiger partial charge in [0.2, 0.25) is 0 Å². The standard InChI is InChI=1S/C12H22O11/c13-1-3-5(15)6(16)9(19)12(22-3)23-10-4(2-14)21-11(20)8(18)7(10)17/h3-20H,1-2H2/t3-,4+,5+,6+,7-,8+,9+,10+,11+,12-/m0/s1. The van der Waals surface area contributed by atoms with Crippen molar-refractivity contribution in [3.05, 3.63) is 0 Å². The maximum Gasteiger partial charge on any atom is 0.187 e. The third-order valence-corrected chi connectivity index (χ3v) is 3.98. The lowest BCUT2D eigenvalue weighted by molar-refractivity contribution is -0.355. The summed E-state index contributed by atoms with van der Waals surface area (Å²) >= 11 is 0. The Bertz CT molecular complexity index is 378. The molecule has 8 N–H and O–H groups in total. The van der Waals surface area contributed by atoms with Crippen molar-refractivity contribution in [2.45, 2.75) is 61.4 Å². The Morgan fingerprint density at radius 2 is 1.26 bits per heavy atom. The highest BCUT2D eigenvalue weighted by atomic mass is 16.7. The zero-order valence-corrected chi connectivity index (χ0v) is 12.0. The summed E-state index contributed by atoms with van der Waals surface area (Å²) < 4.78 is 15.3. The van der Waals surface area contributed by atoms with E-state index < -0.39 is 74.6 Å². The highest BCUT2D eigenvalue weighted by molar-refractivity contribution is 4.93. The van der Waals surface area contributed by atoms with E-state index >= 15 is 0 Å². The molecule has 2 rings (SSSR count). The van der Waals surface area contributed by atoms with Crippen LogP contribution in [0.25, 0.3) is 0 Å². The van der Waals surface area contributed by atoms with E-state index in [2.05, 4.69) is 0 Å². The topological polar surface area (TPSA) is 190 Å². The molecule has 0 radical (unpaired) electrons. The maximum atomic E-state index is 9.94. The second-order valence-corrected chi connectivity index (χ2v) is 5.53. The molecule has 0 aliphatic carbocycles. The van der Waals surface area contributed by atoms with Crippen molar-refractivity contribution < 1.29 is 55.1 Å². The molecule has 0 aromatic rings. The van der Waals surface area contributed by atoms with E-state index in [1.807, 2.05) is 0 Å². The third kappa shape index (κ3) is 3.65. The van der Waals surface area contributed by atoms with Crippen molar-refractivity contribution in [2.75, 3.05) is 13.2 Å². The lowest BCUT2D eigenvalue weighted by atomic mass is 9.97. The van der Waals surface area contributed by atoms with Gasteiger partial charge in [0.25, 0.3) is 0 Å². The molecule has 0 saturated carbocycles. The average molecular weight is 342 g/mol. The van der Waals surface area contributed by atoms with Gasteiger partial charge in [0.1, 0.15) is 48.8 Å². The fourth-order valence-electron chi connectivity index (χ4n) is 2.57. The summed E-state index contributed by atoms with van der Waals surface area (Å²) in [5.74, 6) is 0. The Balaban J connectivity index is 2.11. The summed E-state index contributed by atoms with van der Waals surface area (Å²) in [6, 6.07) is 0. The van der Waals surface area contributed by atoms with E-state index in [0.717, 1.165) is 0 Å². The minimum Gasteiger partial charge on any atom is -0.394 e. The Kier molecular flexibility index (Phi) is 6.27. The molecule has 0 spiro atoms. The van der Waals surface area contributed by atoms with Crippen molar-refractivity contribution >= 4 is 0 Å². The molecule has 0 aromatic carbocycles. The van der Waals surface area contributed by atoms with Gasteiger partial charge in [-0.3, -0.25) is 0 Å². The Morgan fingerprint density at radius 3 is 1.83 bits per heavy atom. The van der Waals surface area contributed by atoms with Crippen LogP contribution in [0.3, 0.4) is 0 Å². The van der Waals surface area contributed by atoms with Crippen LogP contribution < -0.4 is 0 Å². The van der Waals surface area contributed by atoms with E-state index in [4.69, 9.17) is 19.3 Å². The first kappa shape index (κ1) is 18.9. The van der Waals surface area contributed by atoms with Crippen LogP contribution in [0.2, 0.25) is 0 Å². The number of hydrogen-bond acceptors (Lipinski definition) is 11. The first-order valence-electron chi connectivity index (χ1n) is 7.08. The van der Waals surface area contributed by atoms with Crippen molar-refractivity contribution in [1.29, 1.82) is 0 Å². The third-order valence-electron chi connectivity index (χ3n) is 3.98. The summed E-state index contributed by atoms with van der Waals surface area (Å²) in [5.41, 5.74) is 0. The van der Waals surface area contributed by atoms with Crippen LogP contribution in [-0.4, -0.2) is 115 Å². The molecule has 11 heteroatoms. The summed E-state index contributed by atoms with van der Waals surface area (Å²) in [6.45, 7) is -1.35. The van der Waals surface area contributed by atoms with Crippen LogP contribution in [-0.2, 0) is 14.2 Å². The number of hydrogen-bond donors (Lipinski definition) is 8. The molecule has 0 amide bonds. The van der Waals surface area contributed by atoms with E-state index in [1.54, 1.807) is 0 Å². The molecule has 136 valence electrons. The van der Waals surface area contributed by atoms with Crippen molar-refractivity contribution in [2.24, 2.45) is 0 Å². The molecule has 0 unspecified atom stereocenters. The van der Waals surface area contributed by atoms with Gasteiger partial charge in [-0.1, -0.05) is 0 Å². The molecule has 10 atom stereocenters. The van der Waals surface area contributed by atoms with Crippen LogP contribution in [0.1, 0.15) is 0 Å². The highest BCUT2D eigenvalue weighted by Gasteiger charge is 2.50. The summed E-state index contributed by atoms with van der Waals surface area (Å²) in [5, 5.41) is 76.5. The van der Waals surface area contributed by atoms with Gasteiger partial charge in [-0.25, -0.2) is 0 Å². The normalized spacial score (nSPS) is 51.7. The Hall–Kier alpha value is -0.440.